The first-order valence-electron chi connectivity index (χ1n) is 11.5. The quantitative estimate of drug-likeness (QED) is 0.478. The van der Waals surface area contributed by atoms with Crippen molar-refractivity contribution in [1.29, 1.82) is 0 Å². The molecule has 0 spiro atoms. The van der Waals surface area contributed by atoms with Gasteiger partial charge in [0.2, 0.25) is 0 Å². The number of anilines is 3. The van der Waals surface area contributed by atoms with E-state index in [1.807, 2.05) is 12.3 Å². The van der Waals surface area contributed by atoms with Crippen molar-refractivity contribution < 1.29 is 14.3 Å². The second-order valence-corrected chi connectivity index (χ2v) is 9.12. The highest BCUT2D eigenvalue weighted by molar-refractivity contribution is 6.00. The molecule has 1 aliphatic heterocycles. The monoisotopic (exact) mass is 465 g/mol. The molecule has 3 aliphatic rings. The first kappa shape index (κ1) is 21.1. The molecule has 1 amide bonds. The predicted octanol–water partition coefficient (Wildman–Crippen LogP) is 1.40. The molecular formula is C23H27N7O4. The number of rotatable bonds is 7. The number of ether oxygens (including phenoxy) is 2. The molecule has 11 nitrogen and oxygen atoms in total. The Morgan fingerprint density at radius 1 is 1.26 bits per heavy atom. The van der Waals surface area contributed by atoms with Crippen molar-refractivity contribution in [2.75, 3.05) is 38.0 Å². The summed E-state index contributed by atoms with van der Waals surface area (Å²) < 4.78 is 14.2. The van der Waals surface area contributed by atoms with Crippen LogP contribution in [0.5, 0.6) is 0 Å². The lowest BCUT2D eigenvalue weighted by molar-refractivity contribution is 0.00732. The van der Waals surface area contributed by atoms with Crippen LogP contribution in [0.15, 0.2) is 35.4 Å². The highest BCUT2D eigenvalue weighted by atomic mass is 16.5. The lowest BCUT2D eigenvalue weighted by Crippen LogP contribution is -2.51. The fraction of sp³-hybridized carbons (Fsp3) is 0.478. The third-order valence-corrected chi connectivity index (χ3v) is 7.27. The third-order valence-electron chi connectivity index (χ3n) is 7.27. The zero-order valence-electron chi connectivity index (χ0n) is 19.0. The summed E-state index contributed by atoms with van der Waals surface area (Å²) in [6, 6.07) is 5.53. The largest absolute Gasteiger partial charge is 0.381 e. The van der Waals surface area contributed by atoms with Crippen LogP contribution < -0.4 is 21.5 Å². The fourth-order valence-corrected chi connectivity index (χ4v) is 5.13. The Balaban J connectivity index is 1.30. The van der Waals surface area contributed by atoms with Gasteiger partial charge in [-0.05, 0) is 25.0 Å². The van der Waals surface area contributed by atoms with Crippen LogP contribution in [-0.2, 0) is 9.47 Å². The average molecular weight is 466 g/mol. The zero-order valence-corrected chi connectivity index (χ0v) is 19.0. The zero-order chi connectivity index (χ0) is 23.4. The van der Waals surface area contributed by atoms with E-state index in [4.69, 9.17) is 9.47 Å². The molecule has 3 fully saturated rings. The van der Waals surface area contributed by atoms with Crippen LogP contribution in [0.1, 0.15) is 29.2 Å². The molecule has 3 aromatic rings. The Labute approximate surface area is 195 Å². The summed E-state index contributed by atoms with van der Waals surface area (Å²) in [6.45, 7) is 1.42. The van der Waals surface area contributed by atoms with Gasteiger partial charge in [0.05, 0.1) is 31.6 Å². The van der Waals surface area contributed by atoms with Gasteiger partial charge in [0.1, 0.15) is 22.9 Å². The second kappa shape index (κ2) is 8.10. The predicted molar refractivity (Wildman–Crippen MR) is 125 cm³/mol. The average Bonchev–Trinajstić information content (AvgIpc) is 3.15. The number of carbonyl (C=O) groups is 1. The van der Waals surface area contributed by atoms with Crippen LogP contribution in [0.25, 0.3) is 5.65 Å². The van der Waals surface area contributed by atoms with E-state index in [0.29, 0.717) is 53.6 Å². The van der Waals surface area contributed by atoms with Gasteiger partial charge < -0.3 is 30.0 Å². The Hall–Kier alpha value is -3.44. The van der Waals surface area contributed by atoms with Crippen LogP contribution >= 0.6 is 0 Å². The maximum Gasteiger partial charge on any atom is 0.274 e. The van der Waals surface area contributed by atoms with E-state index in [-0.39, 0.29) is 29.7 Å². The molecule has 3 aromatic heterocycles. The Kier molecular flexibility index (Phi) is 5.03. The van der Waals surface area contributed by atoms with Gasteiger partial charge in [-0.3, -0.25) is 9.59 Å². The van der Waals surface area contributed by atoms with E-state index >= 15 is 0 Å². The minimum Gasteiger partial charge on any atom is -0.381 e. The van der Waals surface area contributed by atoms with Gasteiger partial charge in [-0.2, -0.15) is 9.61 Å². The number of fused-ring (bicyclic) bond motifs is 2. The summed E-state index contributed by atoms with van der Waals surface area (Å²) in [5.41, 5.74) is 1.08. The van der Waals surface area contributed by atoms with E-state index in [2.05, 4.69) is 26.0 Å². The molecule has 0 unspecified atom stereocenters. The normalized spacial score (nSPS) is 27.2. The minimum absolute atomic E-state index is 0.0207. The van der Waals surface area contributed by atoms with E-state index in [9.17, 15) is 9.59 Å². The maximum absolute atomic E-state index is 13.2. The number of hydrogen-bond donors (Lipinski definition) is 3. The first-order chi connectivity index (χ1) is 16.6. The Morgan fingerprint density at radius 2 is 2.09 bits per heavy atom. The SMILES string of the molecule is CNc1cc(Nc2cccn([C@H]3[C@@H]4COC[C@@H]43)c2=O)nc2c(C(=O)N[C@H]3CC[C@@H]3OC)cnn12. The highest BCUT2D eigenvalue weighted by Crippen LogP contribution is 2.53. The van der Waals surface area contributed by atoms with Crippen LogP contribution in [0.4, 0.5) is 17.3 Å². The molecule has 0 aromatic carbocycles. The molecule has 2 aliphatic carbocycles. The first-order valence-corrected chi connectivity index (χ1v) is 11.5. The molecule has 34 heavy (non-hydrogen) atoms. The summed E-state index contributed by atoms with van der Waals surface area (Å²) in [5, 5.41) is 13.6. The van der Waals surface area contributed by atoms with E-state index < -0.39 is 0 Å². The third kappa shape index (κ3) is 3.34. The fourth-order valence-electron chi connectivity index (χ4n) is 5.13. The topological polar surface area (TPSA) is 124 Å². The maximum atomic E-state index is 13.2. The van der Waals surface area contributed by atoms with Gasteiger partial charge in [-0.15, -0.1) is 0 Å². The number of nitrogens with one attached hydrogen (secondary N) is 3. The van der Waals surface area contributed by atoms with Gasteiger partial charge >= 0.3 is 0 Å². The Bertz CT molecular complexity index is 1310. The number of aromatic nitrogens is 4. The van der Waals surface area contributed by atoms with Crippen molar-refractivity contribution in [3.63, 3.8) is 0 Å². The van der Waals surface area contributed by atoms with Gasteiger partial charge in [0.15, 0.2) is 5.65 Å². The van der Waals surface area contributed by atoms with Crippen molar-refractivity contribution >= 4 is 28.9 Å². The van der Waals surface area contributed by atoms with Crippen LogP contribution in [0.3, 0.4) is 0 Å². The van der Waals surface area contributed by atoms with Crippen LogP contribution in [0.2, 0.25) is 0 Å². The van der Waals surface area contributed by atoms with Crippen molar-refractivity contribution in [3.05, 3.63) is 46.5 Å². The molecule has 11 heteroatoms. The van der Waals surface area contributed by atoms with Crippen LogP contribution in [-0.4, -0.2) is 64.6 Å². The standard InChI is InChI=1S/C23H27N7O4/c1-24-19-8-18(26-16-4-3-7-29(23(16)32)20-13-10-34-11-14(13)20)28-21-12(9-25-30(19)21)22(31)27-15-5-6-17(15)33-2/h3-4,7-9,13-15,17,20,24H,5-6,10-11H2,1-2H3,(H,26,28)(H,27,31)/t13-,14+,15-,17-,20+/m0/s1. The molecule has 0 radical (unpaired) electrons. The van der Waals surface area contributed by atoms with Crippen molar-refractivity contribution in [2.45, 2.75) is 31.0 Å². The van der Waals surface area contributed by atoms with Crippen molar-refractivity contribution in [2.24, 2.45) is 11.8 Å². The Morgan fingerprint density at radius 3 is 2.79 bits per heavy atom. The molecule has 0 bridgehead atoms. The molecule has 3 N–H and O–H groups in total. The van der Waals surface area contributed by atoms with Gasteiger partial charge in [0, 0.05) is 44.3 Å². The number of methoxy groups -OCH3 is 1. The molecular weight excluding hydrogens is 438 g/mol. The number of nitrogens with zero attached hydrogens (tertiary/aromatic N) is 4. The molecule has 4 heterocycles. The smallest absolute Gasteiger partial charge is 0.274 e. The van der Waals surface area contributed by atoms with Gasteiger partial charge in [0.25, 0.3) is 11.5 Å². The van der Waals surface area contributed by atoms with Gasteiger partial charge in [-0.25, -0.2) is 4.98 Å². The number of pyridine rings is 1. The number of amides is 1. The molecule has 1 saturated heterocycles. The lowest BCUT2D eigenvalue weighted by Gasteiger charge is -2.35. The van der Waals surface area contributed by atoms with E-state index in [0.717, 1.165) is 12.8 Å². The summed E-state index contributed by atoms with van der Waals surface area (Å²) >= 11 is 0. The molecule has 178 valence electrons. The van der Waals surface area contributed by atoms with Gasteiger partial charge in [-0.1, -0.05) is 0 Å². The summed E-state index contributed by atoms with van der Waals surface area (Å²) in [4.78, 5) is 30.8. The molecule has 6 rings (SSSR count). The summed E-state index contributed by atoms with van der Waals surface area (Å²) in [7, 11) is 3.42. The van der Waals surface area contributed by atoms with E-state index in [1.165, 1.54) is 6.20 Å². The number of carbonyl (C=O) groups excluding carboxylic acids is 1. The second-order valence-electron chi connectivity index (χ2n) is 9.12. The molecule has 5 atom stereocenters. The lowest BCUT2D eigenvalue weighted by atomic mass is 9.89. The van der Waals surface area contributed by atoms with Crippen LogP contribution in [0, 0.1) is 11.8 Å². The summed E-state index contributed by atoms with van der Waals surface area (Å²) in [5.74, 6) is 1.66. The van der Waals surface area contributed by atoms with Crippen molar-refractivity contribution in [3.8, 4) is 0 Å². The molecule has 2 saturated carbocycles. The van der Waals surface area contributed by atoms with Crippen molar-refractivity contribution in [1.82, 2.24) is 24.5 Å². The number of hydrogen-bond acceptors (Lipinski definition) is 8. The summed E-state index contributed by atoms with van der Waals surface area (Å²) in [6.07, 6.45) is 5.17. The minimum atomic E-state index is -0.252. The highest BCUT2D eigenvalue weighted by Gasteiger charge is 2.55. The van der Waals surface area contributed by atoms with E-state index in [1.54, 1.807) is 35.4 Å².